The molecule has 1 aromatic heterocycles. The summed E-state index contributed by atoms with van der Waals surface area (Å²) < 4.78 is 41.4. The summed E-state index contributed by atoms with van der Waals surface area (Å²) in [5.74, 6) is -0.471. The van der Waals surface area contributed by atoms with Crippen molar-refractivity contribution in [3.8, 4) is 5.88 Å². The van der Waals surface area contributed by atoms with E-state index in [4.69, 9.17) is 0 Å². The predicted octanol–water partition coefficient (Wildman–Crippen LogP) is 2.32. The first-order chi connectivity index (χ1) is 8.53. The highest BCUT2D eigenvalue weighted by Crippen LogP contribution is 2.18. The summed E-state index contributed by atoms with van der Waals surface area (Å²) in [6.45, 7) is 0.456. The van der Waals surface area contributed by atoms with Crippen LogP contribution in [0.25, 0.3) is 0 Å². The summed E-state index contributed by atoms with van der Waals surface area (Å²) in [6.07, 6.45) is -0.667. The average molecular weight is 255 g/mol. The van der Waals surface area contributed by atoms with Crippen LogP contribution in [-0.2, 0) is 6.54 Å². The van der Waals surface area contributed by atoms with Gasteiger partial charge in [0.2, 0.25) is 6.20 Å². The van der Waals surface area contributed by atoms with E-state index in [0.717, 1.165) is 5.56 Å². The Hall–Kier alpha value is -2.11. The number of rotatable bonds is 3. The standard InChI is InChI=1S/C12H10F3N2O/c13-12(14,15)18-11-9-17(7-6-16-11)8-10-4-2-1-3-5-10/h1-7,9H,8H2/q+1. The fraction of sp³-hybridized carbons (Fsp3) is 0.167. The highest BCUT2D eigenvalue weighted by molar-refractivity contribution is 5.13. The summed E-state index contributed by atoms with van der Waals surface area (Å²) in [4.78, 5) is 3.50. The topological polar surface area (TPSA) is 26.0 Å². The maximum atomic E-state index is 12.0. The van der Waals surface area contributed by atoms with Crippen molar-refractivity contribution < 1.29 is 22.5 Å². The molecule has 6 heteroatoms. The van der Waals surface area contributed by atoms with Gasteiger partial charge in [0.1, 0.15) is 0 Å². The number of alkyl halides is 3. The molecule has 1 aromatic carbocycles. The molecule has 2 aromatic rings. The smallest absolute Gasteiger partial charge is 0.382 e. The molecule has 0 amide bonds. The number of halogens is 3. The van der Waals surface area contributed by atoms with Crippen molar-refractivity contribution in [3.05, 3.63) is 54.5 Å². The van der Waals surface area contributed by atoms with Gasteiger partial charge in [-0.2, -0.15) is 4.57 Å². The van der Waals surface area contributed by atoms with Gasteiger partial charge >= 0.3 is 6.36 Å². The molecule has 0 unspecified atom stereocenters. The van der Waals surface area contributed by atoms with Crippen molar-refractivity contribution in [2.45, 2.75) is 12.9 Å². The molecule has 0 saturated heterocycles. The lowest BCUT2D eigenvalue weighted by atomic mass is 10.2. The molecule has 0 spiro atoms. The number of hydrogen-bond donors (Lipinski definition) is 0. The van der Waals surface area contributed by atoms with Crippen molar-refractivity contribution in [1.82, 2.24) is 4.98 Å². The Balaban J connectivity index is 2.13. The Morgan fingerprint density at radius 1 is 1.17 bits per heavy atom. The van der Waals surface area contributed by atoms with Crippen LogP contribution in [0.2, 0.25) is 0 Å². The molecule has 18 heavy (non-hydrogen) atoms. The van der Waals surface area contributed by atoms with E-state index in [2.05, 4.69) is 9.72 Å². The molecular weight excluding hydrogens is 245 g/mol. The zero-order valence-electron chi connectivity index (χ0n) is 9.26. The van der Waals surface area contributed by atoms with E-state index in [1.54, 1.807) is 10.8 Å². The van der Waals surface area contributed by atoms with Crippen LogP contribution in [0.3, 0.4) is 0 Å². The normalized spacial score (nSPS) is 11.3. The number of aromatic nitrogens is 2. The van der Waals surface area contributed by atoms with Gasteiger partial charge in [0.05, 0.1) is 6.20 Å². The van der Waals surface area contributed by atoms with E-state index in [1.165, 1.54) is 12.4 Å². The number of benzene rings is 1. The molecule has 0 N–H and O–H groups in total. The van der Waals surface area contributed by atoms with Crippen molar-refractivity contribution in [2.75, 3.05) is 0 Å². The van der Waals surface area contributed by atoms with Gasteiger partial charge in [-0.1, -0.05) is 30.3 Å². The Morgan fingerprint density at radius 2 is 1.89 bits per heavy atom. The Morgan fingerprint density at radius 3 is 2.56 bits per heavy atom. The van der Waals surface area contributed by atoms with E-state index in [-0.39, 0.29) is 0 Å². The van der Waals surface area contributed by atoms with Gasteiger partial charge in [-0.3, -0.25) is 0 Å². The van der Waals surface area contributed by atoms with E-state index in [9.17, 15) is 13.2 Å². The molecule has 0 saturated carbocycles. The first-order valence-electron chi connectivity index (χ1n) is 5.18. The molecule has 0 bridgehead atoms. The van der Waals surface area contributed by atoms with Crippen LogP contribution in [-0.4, -0.2) is 11.3 Å². The first kappa shape index (κ1) is 12.3. The van der Waals surface area contributed by atoms with Crippen molar-refractivity contribution in [3.63, 3.8) is 0 Å². The van der Waals surface area contributed by atoms with E-state index in [1.807, 2.05) is 30.3 Å². The molecule has 0 atom stereocenters. The number of nitrogens with zero attached hydrogens (tertiary/aromatic N) is 2. The number of hydrogen-bond acceptors (Lipinski definition) is 2. The second-order valence-corrected chi connectivity index (χ2v) is 3.60. The fourth-order valence-electron chi connectivity index (χ4n) is 1.47. The minimum absolute atomic E-state index is 0.456. The second-order valence-electron chi connectivity index (χ2n) is 3.60. The zero-order valence-corrected chi connectivity index (χ0v) is 9.26. The maximum Gasteiger partial charge on any atom is 0.574 e. The minimum Gasteiger partial charge on any atom is -0.382 e. The highest BCUT2D eigenvalue weighted by Gasteiger charge is 2.32. The van der Waals surface area contributed by atoms with Gasteiger partial charge in [-0.25, -0.2) is 4.98 Å². The lowest BCUT2D eigenvalue weighted by Gasteiger charge is -2.06. The fourth-order valence-corrected chi connectivity index (χ4v) is 1.47. The zero-order chi connectivity index (χ0) is 13.0. The molecular formula is C12H10F3N2O+. The monoisotopic (exact) mass is 255 g/mol. The predicted molar refractivity (Wildman–Crippen MR) is 56.7 cm³/mol. The van der Waals surface area contributed by atoms with Crippen molar-refractivity contribution in [2.24, 2.45) is 0 Å². The largest absolute Gasteiger partial charge is 0.574 e. The van der Waals surface area contributed by atoms with Crippen LogP contribution in [0.15, 0.2) is 48.9 Å². The molecule has 2 rings (SSSR count). The summed E-state index contributed by atoms with van der Waals surface area (Å²) in [5, 5.41) is 0. The third-order valence-electron chi connectivity index (χ3n) is 2.16. The lowest BCUT2D eigenvalue weighted by Crippen LogP contribution is -2.34. The summed E-state index contributed by atoms with van der Waals surface area (Å²) in [6, 6.07) is 9.38. The summed E-state index contributed by atoms with van der Waals surface area (Å²) in [5.41, 5.74) is 0.978. The SMILES string of the molecule is FC(F)(F)Oc1c[n+](Cc2ccccc2)ccn1. The van der Waals surface area contributed by atoms with E-state index in [0.29, 0.717) is 6.54 Å². The van der Waals surface area contributed by atoms with Gasteiger partial charge in [0.25, 0.3) is 5.88 Å². The summed E-state index contributed by atoms with van der Waals surface area (Å²) in [7, 11) is 0. The van der Waals surface area contributed by atoms with E-state index >= 15 is 0 Å². The van der Waals surface area contributed by atoms with Gasteiger partial charge in [0, 0.05) is 5.56 Å². The highest BCUT2D eigenvalue weighted by atomic mass is 19.4. The van der Waals surface area contributed by atoms with Gasteiger partial charge in [-0.15, -0.1) is 13.2 Å². The molecule has 3 nitrogen and oxygen atoms in total. The molecule has 0 radical (unpaired) electrons. The van der Waals surface area contributed by atoms with Crippen LogP contribution in [0.5, 0.6) is 5.88 Å². The lowest BCUT2D eigenvalue weighted by molar-refractivity contribution is -0.689. The first-order valence-corrected chi connectivity index (χ1v) is 5.18. The Bertz CT molecular complexity index is 514. The van der Waals surface area contributed by atoms with Crippen LogP contribution >= 0.6 is 0 Å². The molecule has 0 aliphatic carbocycles. The van der Waals surface area contributed by atoms with Crippen LogP contribution < -0.4 is 9.30 Å². The minimum atomic E-state index is -4.72. The van der Waals surface area contributed by atoms with E-state index < -0.39 is 12.2 Å². The molecule has 94 valence electrons. The molecule has 0 aliphatic rings. The number of ether oxygens (including phenoxy) is 1. The van der Waals surface area contributed by atoms with Crippen molar-refractivity contribution in [1.29, 1.82) is 0 Å². The Kier molecular flexibility index (Phi) is 3.45. The van der Waals surface area contributed by atoms with Crippen molar-refractivity contribution >= 4 is 0 Å². The average Bonchev–Trinajstić information content (AvgIpc) is 2.28. The van der Waals surface area contributed by atoms with Gasteiger partial charge in [0.15, 0.2) is 12.7 Å². The molecule has 1 heterocycles. The summed E-state index contributed by atoms with van der Waals surface area (Å²) >= 11 is 0. The Labute approximate surface area is 101 Å². The third-order valence-corrected chi connectivity index (χ3v) is 2.16. The molecule has 0 fully saturated rings. The molecule has 0 aliphatic heterocycles. The van der Waals surface area contributed by atoms with Crippen LogP contribution in [0.4, 0.5) is 13.2 Å². The quantitative estimate of drug-likeness (QED) is 0.787. The second kappa shape index (κ2) is 5.03. The van der Waals surface area contributed by atoms with Gasteiger partial charge < -0.3 is 4.74 Å². The van der Waals surface area contributed by atoms with Crippen LogP contribution in [0.1, 0.15) is 5.56 Å². The maximum absolute atomic E-state index is 12.0. The van der Waals surface area contributed by atoms with Gasteiger partial charge in [-0.05, 0) is 0 Å². The third kappa shape index (κ3) is 3.73. The van der Waals surface area contributed by atoms with Crippen LogP contribution in [0, 0.1) is 0 Å².